The molecule has 2 rings (SSSR count). The van der Waals surface area contributed by atoms with Crippen LogP contribution < -0.4 is 0 Å². The lowest BCUT2D eigenvalue weighted by Gasteiger charge is -1.87. The minimum Gasteiger partial charge on any atom is -0.508 e. The quantitative estimate of drug-likeness (QED) is 0.550. The molecule has 0 unspecified atom stereocenters. The van der Waals surface area contributed by atoms with E-state index in [0.29, 0.717) is 5.52 Å². The van der Waals surface area contributed by atoms with Crippen molar-refractivity contribution in [3.63, 3.8) is 0 Å². The maximum Gasteiger partial charge on any atom is 0.117 e. The summed E-state index contributed by atoms with van der Waals surface area (Å²) in [6, 6.07) is 4.87. The lowest BCUT2D eigenvalue weighted by atomic mass is 10.3. The zero-order chi connectivity index (χ0) is 6.97. The van der Waals surface area contributed by atoms with Crippen LogP contribution in [0.2, 0.25) is 0 Å². The van der Waals surface area contributed by atoms with Crippen LogP contribution in [0.3, 0.4) is 0 Å². The van der Waals surface area contributed by atoms with Crippen LogP contribution >= 0.6 is 0 Å². The molecule has 0 spiro atoms. The Morgan fingerprint density at radius 3 is 3.00 bits per heavy atom. The maximum atomic E-state index is 8.97. The second-order valence-corrected chi connectivity index (χ2v) is 2.01. The van der Waals surface area contributed by atoms with Gasteiger partial charge in [-0.2, -0.15) is 0 Å². The van der Waals surface area contributed by atoms with E-state index in [4.69, 9.17) is 5.11 Å². The normalized spacial score (nSPS) is 9.45. The van der Waals surface area contributed by atoms with Crippen molar-refractivity contribution in [3.8, 4) is 5.75 Å². The average Bonchev–Trinajstić information content (AvgIpc) is 2.33. The fraction of sp³-hybridized carbons (Fsp3) is 0. The summed E-state index contributed by atoms with van der Waals surface area (Å²) in [5.41, 5.74) is 1.51. The summed E-state index contributed by atoms with van der Waals surface area (Å²) in [4.78, 5) is 0. The van der Waals surface area contributed by atoms with E-state index in [1.165, 1.54) is 0 Å². The molecule has 0 aliphatic rings. The van der Waals surface area contributed by atoms with E-state index in [1.807, 2.05) is 0 Å². The molecule has 4 N–H and O–H groups in total. The molecular formula is C6H7N3O2. The number of nitrogens with one attached hydrogen (secondary N) is 1. The second-order valence-electron chi connectivity index (χ2n) is 2.01. The van der Waals surface area contributed by atoms with Gasteiger partial charge in [-0.15, -0.1) is 5.10 Å². The minimum absolute atomic E-state index is 0. The highest BCUT2D eigenvalue weighted by Gasteiger charge is 1.95. The molecule has 5 nitrogen and oxygen atoms in total. The molecule has 0 radical (unpaired) electrons. The first-order chi connectivity index (χ1) is 4.86. The highest BCUT2D eigenvalue weighted by molar-refractivity contribution is 5.74. The van der Waals surface area contributed by atoms with E-state index < -0.39 is 0 Å². The van der Waals surface area contributed by atoms with Gasteiger partial charge in [0.2, 0.25) is 0 Å². The molecule has 11 heavy (non-hydrogen) atoms. The van der Waals surface area contributed by atoms with E-state index in [-0.39, 0.29) is 11.2 Å². The van der Waals surface area contributed by atoms with E-state index in [9.17, 15) is 0 Å². The van der Waals surface area contributed by atoms with Crippen LogP contribution in [-0.2, 0) is 0 Å². The van der Waals surface area contributed by atoms with E-state index in [0.717, 1.165) is 5.52 Å². The minimum atomic E-state index is 0. The lowest BCUT2D eigenvalue weighted by molar-refractivity contribution is 0.476. The number of nitrogens with zero attached hydrogens (tertiary/aromatic N) is 2. The van der Waals surface area contributed by atoms with Gasteiger partial charge >= 0.3 is 0 Å². The Bertz CT molecular complexity index is 357. The number of aromatic nitrogens is 3. The molecule has 1 aromatic carbocycles. The van der Waals surface area contributed by atoms with Crippen LogP contribution in [0.15, 0.2) is 18.2 Å². The van der Waals surface area contributed by atoms with Crippen molar-refractivity contribution in [1.82, 2.24) is 15.4 Å². The zero-order valence-electron chi connectivity index (χ0n) is 5.57. The number of H-pyrrole nitrogens is 1. The zero-order valence-corrected chi connectivity index (χ0v) is 5.57. The molecule has 5 heteroatoms. The summed E-state index contributed by atoms with van der Waals surface area (Å²) in [5, 5.41) is 18.9. The summed E-state index contributed by atoms with van der Waals surface area (Å²) < 4.78 is 0. The number of benzene rings is 1. The molecule has 0 aliphatic carbocycles. The monoisotopic (exact) mass is 153 g/mol. The van der Waals surface area contributed by atoms with Gasteiger partial charge in [0.25, 0.3) is 0 Å². The molecule has 0 bridgehead atoms. The van der Waals surface area contributed by atoms with Gasteiger partial charge in [-0.25, -0.2) is 0 Å². The predicted molar refractivity (Wildman–Crippen MR) is 39.2 cm³/mol. The summed E-state index contributed by atoms with van der Waals surface area (Å²) >= 11 is 0. The SMILES string of the molecule is O.Oc1ccc2[nH]nnc2c1. The van der Waals surface area contributed by atoms with Crippen LogP contribution in [0, 0.1) is 0 Å². The van der Waals surface area contributed by atoms with Crippen molar-refractivity contribution in [1.29, 1.82) is 0 Å². The van der Waals surface area contributed by atoms with Gasteiger partial charge in [0.05, 0.1) is 5.52 Å². The third-order valence-electron chi connectivity index (χ3n) is 1.31. The van der Waals surface area contributed by atoms with Crippen LogP contribution in [0.1, 0.15) is 0 Å². The molecule has 0 atom stereocenters. The number of fused-ring (bicyclic) bond motifs is 1. The Balaban J connectivity index is 0.000000605. The van der Waals surface area contributed by atoms with Crippen LogP contribution in [-0.4, -0.2) is 26.0 Å². The van der Waals surface area contributed by atoms with E-state index in [2.05, 4.69) is 15.4 Å². The van der Waals surface area contributed by atoms with Gasteiger partial charge in [-0.05, 0) is 12.1 Å². The van der Waals surface area contributed by atoms with E-state index in [1.54, 1.807) is 18.2 Å². The Morgan fingerprint density at radius 1 is 1.36 bits per heavy atom. The number of hydrogen-bond donors (Lipinski definition) is 2. The first-order valence-corrected chi connectivity index (χ1v) is 2.86. The van der Waals surface area contributed by atoms with Gasteiger partial charge < -0.3 is 10.6 Å². The van der Waals surface area contributed by atoms with Crippen LogP contribution in [0.5, 0.6) is 5.75 Å². The molecule has 0 fully saturated rings. The van der Waals surface area contributed by atoms with Crippen molar-refractivity contribution < 1.29 is 10.6 Å². The van der Waals surface area contributed by atoms with Crippen molar-refractivity contribution in [2.24, 2.45) is 0 Å². The smallest absolute Gasteiger partial charge is 0.117 e. The predicted octanol–water partition coefficient (Wildman–Crippen LogP) is -0.161. The molecule has 0 amide bonds. The number of phenols is 1. The van der Waals surface area contributed by atoms with Crippen molar-refractivity contribution in [2.75, 3.05) is 0 Å². The highest BCUT2D eigenvalue weighted by atomic mass is 16.3. The number of aromatic amines is 1. The Morgan fingerprint density at radius 2 is 2.18 bits per heavy atom. The van der Waals surface area contributed by atoms with Crippen LogP contribution in [0.4, 0.5) is 0 Å². The van der Waals surface area contributed by atoms with Gasteiger partial charge in [-0.1, -0.05) is 5.21 Å². The first-order valence-electron chi connectivity index (χ1n) is 2.86. The third kappa shape index (κ3) is 1.13. The fourth-order valence-electron chi connectivity index (χ4n) is 0.830. The van der Waals surface area contributed by atoms with Gasteiger partial charge in [0.1, 0.15) is 11.3 Å². The number of hydrogen-bond acceptors (Lipinski definition) is 3. The third-order valence-corrected chi connectivity index (χ3v) is 1.31. The Hall–Kier alpha value is -1.62. The van der Waals surface area contributed by atoms with Crippen molar-refractivity contribution in [2.45, 2.75) is 0 Å². The summed E-state index contributed by atoms with van der Waals surface area (Å²) in [7, 11) is 0. The first kappa shape index (κ1) is 7.49. The number of phenolic OH excluding ortho intramolecular Hbond substituents is 1. The Kier molecular flexibility index (Phi) is 1.74. The average molecular weight is 153 g/mol. The topological polar surface area (TPSA) is 93.3 Å². The summed E-state index contributed by atoms with van der Waals surface area (Å²) in [6.45, 7) is 0. The van der Waals surface area contributed by atoms with Gasteiger partial charge in [0, 0.05) is 6.07 Å². The molecule has 0 aliphatic heterocycles. The van der Waals surface area contributed by atoms with Gasteiger partial charge in [0.15, 0.2) is 0 Å². The number of aromatic hydroxyl groups is 1. The van der Waals surface area contributed by atoms with Gasteiger partial charge in [-0.3, -0.25) is 5.10 Å². The van der Waals surface area contributed by atoms with E-state index >= 15 is 0 Å². The summed E-state index contributed by atoms with van der Waals surface area (Å²) in [6.07, 6.45) is 0. The molecule has 58 valence electrons. The largest absolute Gasteiger partial charge is 0.508 e. The molecule has 0 saturated heterocycles. The molecule has 2 aromatic rings. The fourth-order valence-corrected chi connectivity index (χ4v) is 0.830. The molecular weight excluding hydrogens is 146 g/mol. The molecule has 1 heterocycles. The molecule has 0 saturated carbocycles. The Labute approximate surface area is 62.0 Å². The highest BCUT2D eigenvalue weighted by Crippen LogP contribution is 2.14. The maximum absolute atomic E-state index is 8.97. The van der Waals surface area contributed by atoms with Crippen molar-refractivity contribution in [3.05, 3.63) is 18.2 Å². The van der Waals surface area contributed by atoms with Crippen molar-refractivity contribution >= 4 is 11.0 Å². The molecule has 1 aromatic heterocycles. The number of rotatable bonds is 0. The summed E-state index contributed by atoms with van der Waals surface area (Å²) in [5.74, 6) is 0.210. The standard InChI is InChI=1S/C6H5N3O.H2O/c10-4-1-2-5-6(3-4)8-9-7-5;/h1-3,10H,(H,7,8,9);1H2. The lowest BCUT2D eigenvalue weighted by Crippen LogP contribution is -1.67. The second kappa shape index (κ2) is 2.55. The van der Waals surface area contributed by atoms with Crippen LogP contribution in [0.25, 0.3) is 11.0 Å².